The molecule has 0 bridgehead atoms. The number of aromatic nitrogens is 4. The Kier molecular flexibility index (Phi) is 4.80. The summed E-state index contributed by atoms with van der Waals surface area (Å²) in [5, 5.41) is 11.2. The van der Waals surface area contributed by atoms with Crippen molar-refractivity contribution in [3.8, 4) is 17.0 Å². The van der Waals surface area contributed by atoms with Crippen LogP contribution in [0.4, 0.5) is 4.39 Å². The second kappa shape index (κ2) is 7.64. The molecule has 1 N–H and O–H groups in total. The number of aryl methyl sites for hydroxylation is 1. The van der Waals surface area contributed by atoms with Gasteiger partial charge in [0.25, 0.3) is 5.91 Å². The van der Waals surface area contributed by atoms with E-state index in [-0.39, 0.29) is 30.1 Å². The van der Waals surface area contributed by atoms with E-state index in [0.717, 1.165) is 18.4 Å². The minimum Gasteiger partial charge on any atom is -0.489 e. The van der Waals surface area contributed by atoms with E-state index < -0.39 is 5.82 Å². The van der Waals surface area contributed by atoms with Gasteiger partial charge in [0.1, 0.15) is 23.4 Å². The number of H-pyrrole nitrogens is 1. The van der Waals surface area contributed by atoms with Crippen LogP contribution in [0.15, 0.2) is 36.7 Å². The van der Waals surface area contributed by atoms with Crippen LogP contribution in [0.1, 0.15) is 40.1 Å². The Labute approximate surface area is 178 Å². The van der Waals surface area contributed by atoms with Crippen LogP contribution in [-0.2, 0) is 7.05 Å². The molecule has 1 aromatic carbocycles. The van der Waals surface area contributed by atoms with E-state index in [4.69, 9.17) is 4.74 Å². The number of rotatable bonds is 3. The molecule has 1 saturated heterocycles. The molecule has 3 aromatic rings. The molecule has 160 valence electrons. The number of halogens is 1. The number of ether oxygens (including phenoxy) is 1. The number of fused-ring (bicyclic) bond motifs is 1. The average Bonchev–Trinajstić information content (AvgIpc) is 3.43. The molecule has 1 atom stereocenters. The number of Topliss-reactive ketones (excluding diaryl/α,β-unsaturated/α-hetero) is 1. The highest BCUT2D eigenvalue weighted by Crippen LogP contribution is 2.34. The van der Waals surface area contributed by atoms with E-state index in [0.29, 0.717) is 35.8 Å². The van der Waals surface area contributed by atoms with E-state index in [2.05, 4.69) is 15.3 Å². The molecule has 2 aromatic heterocycles. The summed E-state index contributed by atoms with van der Waals surface area (Å²) in [7, 11) is 1.83. The molecular formula is C22H22FN5O3. The maximum Gasteiger partial charge on any atom is 0.271 e. The van der Waals surface area contributed by atoms with Crippen molar-refractivity contribution in [3.63, 3.8) is 0 Å². The number of amides is 1. The molecule has 0 aliphatic carbocycles. The van der Waals surface area contributed by atoms with Crippen LogP contribution in [0.2, 0.25) is 0 Å². The number of likely N-dealkylation sites (tertiary alicyclic amines) is 1. The molecule has 2 aliphatic rings. The van der Waals surface area contributed by atoms with Crippen molar-refractivity contribution < 1.29 is 18.7 Å². The normalized spacial score (nSPS) is 19.2. The van der Waals surface area contributed by atoms with Gasteiger partial charge in [-0.05, 0) is 43.0 Å². The first-order chi connectivity index (χ1) is 15.0. The van der Waals surface area contributed by atoms with Crippen LogP contribution < -0.4 is 4.74 Å². The fourth-order valence-electron chi connectivity index (χ4n) is 4.36. The number of nitrogens with zero attached hydrogens (tertiary/aromatic N) is 4. The maximum absolute atomic E-state index is 13.4. The van der Waals surface area contributed by atoms with Crippen LogP contribution in [-0.4, -0.2) is 55.8 Å². The second-order valence-electron chi connectivity index (χ2n) is 8.12. The summed E-state index contributed by atoms with van der Waals surface area (Å²) < 4.78 is 21.1. The summed E-state index contributed by atoms with van der Waals surface area (Å²) in [6.45, 7) is 1.16. The van der Waals surface area contributed by atoms with Crippen LogP contribution >= 0.6 is 0 Å². The van der Waals surface area contributed by atoms with Gasteiger partial charge < -0.3 is 9.64 Å². The number of aromatic amines is 1. The minimum atomic E-state index is -0.438. The lowest BCUT2D eigenvalue weighted by molar-refractivity contribution is 0.0448. The number of nitrogens with one attached hydrogen (secondary N) is 1. The monoisotopic (exact) mass is 423 g/mol. The molecule has 1 fully saturated rings. The number of benzene rings is 1. The van der Waals surface area contributed by atoms with E-state index in [1.54, 1.807) is 21.8 Å². The molecule has 8 nitrogen and oxygen atoms in total. The quantitative estimate of drug-likeness (QED) is 0.699. The molecule has 1 unspecified atom stereocenters. The highest BCUT2D eigenvalue weighted by molar-refractivity contribution is 6.00. The summed E-state index contributed by atoms with van der Waals surface area (Å²) in [5.74, 6) is -0.0147. The Bertz CT molecular complexity index is 1150. The third kappa shape index (κ3) is 3.71. The highest BCUT2D eigenvalue weighted by Gasteiger charge is 2.35. The van der Waals surface area contributed by atoms with Gasteiger partial charge in [-0.2, -0.15) is 10.2 Å². The van der Waals surface area contributed by atoms with E-state index in [1.165, 1.54) is 18.2 Å². The van der Waals surface area contributed by atoms with Gasteiger partial charge in [-0.3, -0.25) is 19.4 Å². The Morgan fingerprint density at radius 3 is 2.81 bits per heavy atom. The predicted octanol–water partition coefficient (Wildman–Crippen LogP) is 2.84. The molecule has 5 rings (SSSR count). The van der Waals surface area contributed by atoms with Crippen LogP contribution in [0.3, 0.4) is 0 Å². The highest BCUT2D eigenvalue weighted by atomic mass is 19.1. The van der Waals surface area contributed by atoms with Crippen molar-refractivity contribution in [2.45, 2.75) is 25.4 Å². The van der Waals surface area contributed by atoms with Gasteiger partial charge >= 0.3 is 0 Å². The van der Waals surface area contributed by atoms with Crippen molar-refractivity contribution in [1.29, 1.82) is 0 Å². The van der Waals surface area contributed by atoms with Gasteiger partial charge in [0.15, 0.2) is 5.78 Å². The Hall–Kier alpha value is -3.49. The first-order valence-corrected chi connectivity index (χ1v) is 10.3. The number of carbonyl (C=O) groups excluding carboxylic acids is 2. The second-order valence-corrected chi connectivity index (χ2v) is 8.12. The summed E-state index contributed by atoms with van der Waals surface area (Å²) >= 11 is 0. The Morgan fingerprint density at radius 2 is 2.06 bits per heavy atom. The average molecular weight is 423 g/mol. The van der Waals surface area contributed by atoms with Gasteiger partial charge in [-0.25, -0.2) is 4.39 Å². The van der Waals surface area contributed by atoms with Crippen molar-refractivity contribution in [2.75, 3.05) is 13.1 Å². The van der Waals surface area contributed by atoms with Crippen LogP contribution in [0, 0.1) is 11.7 Å². The van der Waals surface area contributed by atoms with Gasteiger partial charge in [-0.1, -0.05) is 0 Å². The van der Waals surface area contributed by atoms with Crippen LogP contribution in [0.5, 0.6) is 5.75 Å². The number of piperidine rings is 1. The third-order valence-corrected chi connectivity index (χ3v) is 6.07. The maximum atomic E-state index is 13.4. The van der Waals surface area contributed by atoms with E-state index in [1.807, 2.05) is 13.2 Å². The number of carbonyl (C=O) groups is 2. The molecule has 9 heteroatoms. The summed E-state index contributed by atoms with van der Waals surface area (Å²) in [5.41, 5.74) is 2.27. The molecule has 1 amide bonds. The van der Waals surface area contributed by atoms with Gasteiger partial charge in [-0.15, -0.1) is 0 Å². The fraction of sp³-hybridized carbons (Fsp3) is 0.364. The summed E-state index contributed by atoms with van der Waals surface area (Å²) in [4.78, 5) is 27.1. The van der Waals surface area contributed by atoms with Crippen molar-refractivity contribution >= 4 is 11.7 Å². The molecule has 31 heavy (non-hydrogen) atoms. The lowest BCUT2D eigenvalue weighted by atomic mass is 9.86. The SMILES string of the molecule is Cn1cc(-c2cc(C(=O)N3CCC(C4CC(=O)c5cc(F)ccc5O4)CC3)[nH]n2)cn1. The Morgan fingerprint density at radius 1 is 1.26 bits per heavy atom. The summed E-state index contributed by atoms with van der Waals surface area (Å²) in [6.07, 6.45) is 5.02. The Balaban J connectivity index is 1.22. The molecular weight excluding hydrogens is 401 g/mol. The minimum absolute atomic E-state index is 0.0929. The lowest BCUT2D eigenvalue weighted by Gasteiger charge is -2.37. The topological polar surface area (TPSA) is 93.1 Å². The molecule has 0 saturated carbocycles. The third-order valence-electron chi connectivity index (χ3n) is 6.07. The van der Waals surface area contributed by atoms with Crippen LogP contribution in [0.25, 0.3) is 11.3 Å². The van der Waals surface area contributed by atoms with Crippen molar-refractivity contribution in [1.82, 2.24) is 24.9 Å². The predicted molar refractivity (Wildman–Crippen MR) is 109 cm³/mol. The first-order valence-electron chi connectivity index (χ1n) is 10.3. The largest absolute Gasteiger partial charge is 0.489 e. The molecule has 4 heterocycles. The zero-order valence-corrected chi connectivity index (χ0v) is 17.0. The molecule has 2 aliphatic heterocycles. The fourth-order valence-corrected chi connectivity index (χ4v) is 4.36. The zero-order chi connectivity index (χ0) is 21.5. The molecule has 0 radical (unpaired) electrons. The number of hydrogen-bond acceptors (Lipinski definition) is 5. The lowest BCUT2D eigenvalue weighted by Crippen LogP contribution is -2.44. The van der Waals surface area contributed by atoms with Crippen molar-refractivity contribution in [2.24, 2.45) is 13.0 Å². The number of ketones is 1. The van der Waals surface area contributed by atoms with Gasteiger partial charge in [0, 0.05) is 38.3 Å². The van der Waals surface area contributed by atoms with Gasteiger partial charge in [0.2, 0.25) is 0 Å². The zero-order valence-electron chi connectivity index (χ0n) is 17.0. The first kappa shape index (κ1) is 19.5. The van der Waals surface area contributed by atoms with Crippen molar-refractivity contribution in [3.05, 3.63) is 53.7 Å². The van der Waals surface area contributed by atoms with Gasteiger partial charge in [0.05, 0.1) is 17.5 Å². The smallest absolute Gasteiger partial charge is 0.271 e. The number of hydrogen-bond donors (Lipinski definition) is 1. The summed E-state index contributed by atoms with van der Waals surface area (Å²) in [6, 6.07) is 5.80. The van der Waals surface area contributed by atoms with E-state index in [9.17, 15) is 14.0 Å². The van der Waals surface area contributed by atoms with E-state index >= 15 is 0 Å². The standard InChI is InChI=1S/C22H22FN5O3/c1-27-12-14(11-24-27)17-9-18(26-25-17)22(30)28-6-4-13(5-7-28)21-10-19(29)16-8-15(23)2-3-20(16)31-21/h2-3,8-9,11-13,21H,4-7,10H2,1H3,(H,25,26). The molecule has 0 spiro atoms.